The van der Waals surface area contributed by atoms with Crippen LogP contribution in [0.4, 0.5) is 4.39 Å². The van der Waals surface area contributed by atoms with Crippen LogP contribution >= 0.6 is 0 Å². The predicted octanol–water partition coefficient (Wildman–Crippen LogP) is 2.03. The highest BCUT2D eigenvalue weighted by molar-refractivity contribution is 5.10. The minimum absolute atomic E-state index is 0.170. The van der Waals surface area contributed by atoms with Crippen LogP contribution in [0.3, 0.4) is 0 Å². The normalized spacial score (nSPS) is 12.9. The van der Waals surface area contributed by atoms with Gasteiger partial charge in [0.15, 0.2) is 0 Å². The van der Waals surface area contributed by atoms with Crippen molar-refractivity contribution in [2.75, 3.05) is 13.6 Å². The third kappa shape index (κ3) is 5.51. The summed E-state index contributed by atoms with van der Waals surface area (Å²) in [5.74, 6) is -0.170. The fourth-order valence-electron chi connectivity index (χ4n) is 0.498. The quantitative estimate of drug-likeness (QED) is 0.594. The van der Waals surface area contributed by atoms with Gasteiger partial charge in [0, 0.05) is 6.54 Å². The second kappa shape index (κ2) is 6.49. The summed E-state index contributed by atoms with van der Waals surface area (Å²) in [6, 6.07) is 0. The number of likely N-dealkylation sites (N-methyl/N-ethyl adjacent to an activating group) is 1. The van der Waals surface area contributed by atoms with E-state index in [9.17, 15) is 4.39 Å². The van der Waals surface area contributed by atoms with Crippen LogP contribution in [-0.2, 0) is 0 Å². The van der Waals surface area contributed by atoms with E-state index in [0.29, 0.717) is 6.54 Å². The standard InChI is InChI=1S/C8H14FN/c1-3-4-5-8(9)6-7-10-2/h4-6,10H,3,7H2,1-2H3/b5-4-,8-6+. The van der Waals surface area contributed by atoms with Crippen molar-refractivity contribution in [2.45, 2.75) is 13.3 Å². The first-order valence-corrected chi connectivity index (χ1v) is 3.48. The zero-order chi connectivity index (χ0) is 7.82. The Kier molecular flexibility index (Phi) is 6.08. The largest absolute Gasteiger partial charge is 0.316 e. The van der Waals surface area contributed by atoms with E-state index in [0.717, 1.165) is 6.42 Å². The molecule has 0 unspecified atom stereocenters. The van der Waals surface area contributed by atoms with E-state index in [1.807, 2.05) is 6.92 Å². The number of nitrogens with one attached hydrogen (secondary N) is 1. The molecule has 0 aromatic carbocycles. The van der Waals surface area contributed by atoms with Gasteiger partial charge in [-0.3, -0.25) is 0 Å². The van der Waals surface area contributed by atoms with E-state index in [1.54, 1.807) is 13.1 Å². The van der Waals surface area contributed by atoms with Crippen LogP contribution in [0, 0.1) is 0 Å². The smallest absolute Gasteiger partial charge is 0.120 e. The van der Waals surface area contributed by atoms with Gasteiger partial charge >= 0.3 is 0 Å². The molecule has 0 saturated heterocycles. The van der Waals surface area contributed by atoms with Gasteiger partial charge in [-0.2, -0.15) is 0 Å². The van der Waals surface area contributed by atoms with Crippen molar-refractivity contribution in [3.63, 3.8) is 0 Å². The third-order valence-corrected chi connectivity index (χ3v) is 1.01. The highest BCUT2D eigenvalue weighted by atomic mass is 19.1. The van der Waals surface area contributed by atoms with E-state index >= 15 is 0 Å². The first kappa shape index (κ1) is 9.37. The monoisotopic (exact) mass is 143 g/mol. The lowest BCUT2D eigenvalue weighted by Crippen LogP contribution is -2.04. The molecule has 0 amide bonds. The minimum atomic E-state index is -0.170. The van der Waals surface area contributed by atoms with E-state index in [1.165, 1.54) is 12.2 Å². The lowest BCUT2D eigenvalue weighted by atomic mass is 10.3. The number of rotatable bonds is 4. The molecule has 0 rings (SSSR count). The molecule has 0 spiro atoms. The highest BCUT2D eigenvalue weighted by Crippen LogP contribution is 1.97. The van der Waals surface area contributed by atoms with Crippen molar-refractivity contribution in [2.24, 2.45) is 0 Å². The highest BCUT2D eigenvalue weighted by Gasteiger charge is 1.82. The van der Waals surface area contributed by atoms with E-state index < -0.39 is 0 Å². The number of allylic oxidation sites excluding steroid dienone is 3. The summed E-state index contributed by atoms with van der Waals surface area (Å²) in [6.07, 6.45) is 5.66. The fraction of sp³-hybridized carbons (Fsp3) is 0.500. The van der Waals surface area contributed by atoms with Gasteiger partial charge in [0.05, 0.1) is 0 Å². The molecule has 0 aromatic rings. The van der Waals surface area contributed by atoms with Gasteiger partial charge in [-0.25, -0.2) is 4.39 Å². The van der Waals surface area contributed by atoms with Crippen LogP contribution in [0.25, 0.3) is 0 Å². The summed E-state index contributed by atoms with van der Waals surface area (Å²) in [5.41, 5.74) is 0. The molecule has 0 aliphatic heterocycles. The molecule has 0 aliphatic rings. The Morgan fingerprint density at radius 2 is 2.30 bits per heavy atom. The molecule has 0 radical (unpaired) electrons. The van der Waals surface area contributed by atoms with Crippen LogP contribution in [0.2, 0.25) is 0 Å². The van der Waals surface area contributed by atoms with Crippen molar-refractivity contribution < 1.29 is 4.39 Å². The maximum absolute atomic E-state index is 12.5. The molecule has 58 valence electrons. The molecular weight excluding hydrogens is 129 g/mol. The Labute approximate surface area is 61.6 Å². The van der Waals surface area contributed by atoms with Gasteiger partial charge in [0.2, 0.25) is 0 Å². The Hall–Kier alpha value is -0.630. The van der Waals surface area contributed by atoms with Crippen LogP contribution in [0.5, 0.6) is 0 Å². The first-order chi connectivity index (χ1) is 4.81. The van der Waals surface area contributed by atoms with E-state index in [4.69, 9.17) is 0 Å². The van der Waals surface area contributed by atoms with Crippen molar-refractivity contribution in [3.05, 3.63) is 24.1 Å². The molecule has 0 aromatic heterocycles. The van der Waals surface area contributed by atoms with Gasteiger partial charge in [-0.1, -0.05) is 13.0 Å². The Morgan fingerprint density at radius 1 is 1.60 bits per heavy atom. The fourth-order valence-corrected chi connectivity index (χ4v) is 0.498. The average molecular weight is 143 g/mol. The van der Waals surface area contributed by atoms with Crippen LogP contribution < -0.4 is 5.32 Å². The number of halogens is 1. The summed E-state index contributed by atoms with van der Waals surface area (Å²) < 4.78 is 12.5. The second-order valence-electron chi connectivity index (χ2n) is 1.96. The zero-order valence-electron chi connectivity index (χ0n) is 6.52. The van der Waals surface area contributed by atoms with Crippen LogP contribution in [-0.4, -0.2) is 13.6 Å². The summed E-state index contributed by atoms with van der Waals surface area (Å²) >= 11 is 0. The van der Waals surface area contributed by atoms with Crippen molar-refractivity contribution in [1.29, 1.82) is 0 Å². The lowest BCUT2D eigenvalue weighted by molar-refractivity contribution is 0.658. The Morgan fingerprint density at radius 3 is 2.80 bits per heavy atom. The second-order valence-corrected chi connectivity index (χ2v) is 1.96. The van der Waals surface area contributed by atoms with Crippen molar-refractivity contribution in [3.8, 4) is 0 Å². The lowest BCUT2D eigenvalue weighted by Gasteiger charge is -1.88. The molecule has 1 N–H and O–H groups in total. The molecule has 0 aliphatic carbocycles. The summed E-state index contributed by atoms with van der Waals surface area (Å²) in [5, 5.41) is 2.82. The minimum Gasteiger partial charge on any atom is -0.316 e. The summed E-state index contributed by atoms with van der Waals surface area (Å²) in [6.45, 7) is 2.56. The van der Waals surface area contributed by atoms with E-state index in [2.05, 4.69) is 5.32 Å². The molecule has 0 fully saturated rings. The van der Waals surface area contributed by atoms with Crippen LogP contribution in [0.1, 0.15) is 13.3 Å². The molecule has 0 heterocycles. The van der Waals surface area contributed by atoms with E-state index in [-0.39, 0.29) is 5.83 Å². The maximum atomic E-state index is 12.5. The average Bonchev–Trinajstić information content (AvgIpc) is 1.97. The van der Waals surface area contributed by atoms with Crippen molar-refractivity contribution >= 4 is 0 Å². The Bertz CT molecular complexity index is 127. The summed E-state index contributed by atoms with van der Waals surface area (Å²) in [7, 11) is 1.79. The van der Waals surface area contributed by atoms with Gasteiger partial charge < -0.3 is 5.32 Å². The molecule has 0 bridgehead atoms. The van der Waals surface area contributed by atoms with Gasteiger partial charge in [-0.05, 0) is 25.6 Å². The molecular formula is C8H14FN. The van der Waals surface area contributed by atoms with Gasteiger partial charge in [-0.15, -0.1) is 0 Å². The van der Waals surface area contributed by atoms with Gasteiger partial charge in [0.1, 0.15) is 5.83 Å². The molecule has 10 heavy (non-hydrogen) atoms. The first-order valence-electron chi connectivity index (χ1n) is 3.48. The molecule has 1 nitrogen and oxygen atoms in total. The molecule has 2 heteroatoms. The molecule has 0 saturated carbocycles. The number of hydrogen-bond acceptors (Lipinski definition) is 1. The van der Waals surface area contributed by atoms with Crippen LogP contribution in [0.15, 0.2) is 24.1 Å². The SMILES string of the molecule is CC/C=C\C(F)=C/CNC. The van der Waals surface area contributed by atoms with Gasteiger partial charge in [0.25, 0.3) is 0 Å². The predicted molar refractivity (Wildman–Crippen MR) is 42.5 cm³/mol. The molecule has 0 atom stereocenters. The Balaban J connectivity index is 3.59. The number of hydrogen-bond donors (Lipinski definition) is 1. The maximum Gasteiger partial charge on any atom is 0.120 e. The zero-order valence-corrected chi connectivity index (χ0v) is 6.52. The van der Waals surface area contributed by atoms with Crippen molar-refractivity contribution in [1.82, 2.24) is 5.32 Å². The topological polar surface area (TPSA) is 12.0 Å². The third-order valence-electron chi connectivity index (χ3n) is 1.01. The summed E-state index contributed by atoms with van der Waals surface area (Å²) in [4.78, 5) is 0.